The van der Waals surface area contributed by atoms with Crippen LogP contribution >= 0.6 is 0 Å². The summed E-state index contributed by atoms with van der Waals surface area (Å²) in [6.07, 6.45) is 0.320. The molecule has 2 aromatic rings. The van der Waals surface area contributed by atoms with Crippen LogP contribution in [0.3, 0.4) is 0 Å². The number of ether oxygens (including phenoxy) is 1. The predicted molar refractivity (Wildman–Crippen MR) is 142 cm³/mol. The third kappa shape index (κ3) is 6.31. The molecule has 202 valence electrons. The van der Waals surface area contributed by atoms with Crippen molar-refractivity contribution < 1.29 is 27.8 Å². The van der Waals surface area contributed by atoms with Gasteiger partial charge in [0.25, 0.3) is 10.0 Å². The van der Waals surface area contributed by atoms with Crippen LogP contribution in [0.1, 0.15) is 49.0 Å². The van der Waals surface area contributed by atoms with E-state index >= 15 is 0 Å². The zero-order valence-electron chi connectivity index (χ0n) is 21.4. The number of aliphatic hydroxyl groups is 2. The van der Waals surface area contributed by atoms with Gasteiger partial charge in [0.05, 0.1) is 6.61 Å². The normalized spacial score (nSPS) is 22.2. The van der Waals surface area contributed by atoms with Crippen LogP contribution in [0, 0.1) is 5.82 Å². The van der Waals surface area contributed by atoms with Gasteiger partial charge in [0, 0.05) is 51.4 Å². The van der Waals surface area contributed by atoms with E-state index in [1.54, 1.807) is 32.0 Å². The zero-order valence-corrected chi connectivity index (χ0v) is 22.2. The molecule has 0 aromatic heterocycles. The van der Waals surface area contributed by atoms with Gasteiger partial charge < -0.3 is 19.8 Å². The molecule has 2 aromatic carbocycles. The highest BCUT2D eigenvalue weighted by molar-refractivity contribution is 7.90. The molecule has 2 aliphatic heterocycles. The topological polar surface area (TPSA) is 103 Å². The summed E-state index contributed by atoms with van der Waals surface area (Å²) >= 11 is 0. The quantitative estimate of drug-likeness (QED) is 0.511. The molecule has 2 heterocycles. The maximum Gasteiger partial charge on any atom is 0.267 e. The first kappa shape index (κ1) is 27.5. The Balaban J connectivity index is 1.53. The third-order valence-electron chi connectivity index (χ3n) is 7.13. The fourth-order valence-electron chi connectivity index (χ4n) is 5.35. The molecule has 0 amide bonds. The summed E-state index contributed by atoms with van der Waals surface area (Å²) in [7, 11) is -3.97. The average Bonchev–Trinajstić information content (AvgIpc) is 2.84. The Hall–Kier alpha value is -2.53. The molecule has 1 unspecified atom stereocenters. The van der Waals surface area contributed by atoms with Gasteiger partial charge in [0.1, 0.15) is 16.7 Å². The van der Waals surface area contributed by atoms with Gasteiger partial charge in [-0.3, -0.25) is 4.90 Å². The minimum atomic E-state index is -3.97. The van der Waals surface area contributed by atoms with Gasteiger partial charge in [0.15, 0.2) is 0 Å². The molecular formula is C27H36FN3O5S. The van der Waals surface area contributed by atoms with Crippen LogP contribution < -0.4 is 4.90 Å². The number of hydrogen-bond donors (Lipinski definition) is 2. The number of nitrogens with zero attached hydrogens (tertiary/aromatic N) is 3. The van der Waals surface area contributed by atoms with Gasteiger partial charge in [-0.2, -0.15) is 0 Å². The molecule has 1 saturated heterocycles. The Morgan fingerprint density at radius 1 is 1.05 bits per heavy atom. The Bertz CT molecular complexity index is 1190. The molecule has 2 aliphatic rings. The number of sulfonamides is 1. The van der Waals surface area contributed by atoms with E-state index in [9.17, 15) is 17.9 Å². The average molecular weight is 534 g/mol. The SMILES string of the molecule is CC1(C)OC(C[C@@H](CCO)c2ccccc2F)=NS(=O)(=O)C1c1ccc(N2CCN(CCO)CC2)cc1. The molecule has 4 rings (SSSR count). The lowest BCUT2D eigenvalue weighted by molar-refractivity contribution is 0.0797. The molecule has 10 heteroatoms. The second kappa shape index (κ2) is 11.5. The largest absolute Gasteiger partial charge is 0.472 e. The molecule has 0 saturated carbocycles. The summed E-state index contributed by atoms with van der Waals surface area (Å²) < 4.78 is 51.4. The van der Waals surface area contributed by atoms with Crippen LogP contribution in [-0.4, -0.2) is 81.0 Å². The minimum absolute atomic E-state index is 0.0281. The highest BCUT2D eigenvalue weighted by Crippen LogP contribution is 2.42. The minimum Gasteiger partial charge on any atom is -0.472 e. The van der Waals surface area contributed by atoms with Crippen molar-refractivity contribution in [3.05, 3.63) is 65.5 Å². The Morgan fingerprint density at radius 3 is 2.32 bits per heavy atom. The summed E-state index contributed by atoms with van der Waals surface area (Å²) in [5.41, 5.74) is 0.900. The lowest BCUT2D eigenvalue weighted by Gasteiger charge is -2.38. The molecule has 0 spiro atoms. The number of benzene rings is 2. The summed E-state index contributed by atoms with van der Waals surface area (Å²) in [6.45, 7) is 7.49. The van der Waals surface area contributed by atoms with Crippen molar-refractivity contribution in [2.45, 2.75) is 43.5 Å². The number of piperazine rings is 1. The zero-order chi connectivity index (χ0) is 26.6. The summed E-state index contributed by atoms with van der Waals surface area (Å²) in [5.74, 6) is -0.850. The highest BCUT2D eigenvalue weighted by atomic mass is 32.2. The first-order chi connectivity index (χ1) is 17.6. The fraction of sp³-hybridized carbons (Fsp3) is 0.519. The van der Waals surface area contributed by atoms with Crippen molar-refractivity contribution in [3.8, 4) is 0 Å². The van der Waals surface area contributed by atoms with Crippen molar-refractivity contribution in [1.82, 2.24) is 4.90 Å². The Labute approximate surface area is 218 Å². The van der Waals surface area contributed by atoms with E-state index in [4.69, 9.17) is 9.84 Å². The van der Waals surface area contributed by atoms with Gasteiger partial charge in [-0.1, -0.05) is 30.3 Å². The molecular weight excluding hydrogens is 497 g/mol. The first-order valence-corrected chi connectivity index (χ1v) is 14.2. The second-order valence-electron chi connectivity index (χ2n) is 10.2. The highest BCUT2D eigenvalue weighted by Gasteiger charge is 2.47. The molecule has 37 heavy (non-hydrogen) atoms. The summed E-state index contributed by atoms with van der Waals surface area (Å²) in [6, 6.07) is 13.8. The number of anilines is 1. The van der Waals surface area contributed by atoms with E-state index in [0.717, 1.165) is 31.9 Å². The monoisotopic (exact) mass is 533 g/mol. The van der Waals surface area contributed by atoms with E-state index in [2.05, 4.69) is 14.2 Å². The smallest absolute Gasteiger partial charge is 0.267 e. The summed E-state index contributed by atoms with van der Waals surface area (Å²) in [5, 5.41) is 17.7. The molecule has 2 atom stereocenters. The number of aliphatic hydroxyl groups excluding tert-OH is 2. The lowest BCUT2D eigenvalue weighted by atomic mass is 9.91. The molecule has 0 radical (unpaired) electrons. The van der Waals surface area contributed by atoms with Crippen LogP contribution in [0.15, 0.2) is 52.9 Å². The van der Waals surface area contributed by atoms with E-state index < -0.39 is 32.6 Å². The van der Waals surface area contributed by atoms with Crippen molar-refractivity contribution in [1.29, 1.82) is 0 Å². The summed E-state index contributed by atoms with van der Waals surface area (Å²) in [4.78, 5) is 4.46. The van der Waals surface area contributed by atoms with Gasteiger partial charge in [-0.15, -0.1) is 4.40 Å². The van der Waals surface area contributed by atoms with Crippen LogP contribution in [-0.2, 0) is 14.8 Å². The van der Waals surface area contributed by atoms with Crippen LogP contribution in [0.4, 0.5) is 10.1 Å². The molecule has 1 fully saturated rings. The fourth-order valence-corrected chi connectivity index (χ4v) is 7.12. The molecule has 2 N–H and O–H groups in total. The number of hydrogen-bond acceptors (Lipinski definition) is 7. The number of rotatable bonds is 9. The molecule has 0 bridgehead atoms. The standard InChI is InChI=1S/C27H36FN3O5S/c1-27(2)26(20-7-9-22(10-8-20)31-14-12-30(13-15-31)16-18-33)37(34,35)29-25(36-27)19-21(11-17-32)23-5-3-4-6-24(23)28/h3-10,21,26,32-33H,11-19H2,1-2H3/t21-,26?/m1/s1. The van der Waals surface area contributed by atoms with E-state index in [0.29, 0.717) is 17.7 Å². The van der Waals surface area contributed by atoms with Crippen LogP contribution in [0.25, 0.3) is 0 Å². The van der Waals surface area contributed by atoms with Crippen LogP contribution in [0.2, 0.25) is 0 Å². The van der Waals surface area contributed by atoms with Gasteiger partial charge in [-0.25, -0.2) is 12.8 Å². The maximum absolute atomic E-state index is 14.4. The predicted octanol–water partition coefficient (Wildman–Crippen LogP) is 3.07. The van der Waals surface area contributed by atoms with Crippen molar-refractivity contribution in [2.75, 3.05) is 50.8 Å². The van der Waals surface area contributed by atoms with Crippen LogP contribution in [0.5, 0.6) is 0 Å². The Kier molecular flexibility index (Phi) is 8.52. The Morgan fingerprint density at radius 2 is 1.73 bits per heavy atom. The molecule has 0 aliphatic carbocycles. The van der Waals surface area contributed by atoms with Gasteiger partial charge in [0.2, 0.25) is 5.90 Å². The second-order valence-corrected chi connectivity index (χ2v) is 11.8. The van der Waals surface area contributed by atoms with Crippen molar-refractivity contribution in [2.24, 2.45) is 4.40 Å². The van der Waals surface area contributed by atoms with Gasteiger partial charge >= 0.3 is 0 Å². The van der Waals surface area contributed by atoms with E-state index in [-0.39, 0.29) is 32.0 Å². The van der Waals surface area contributed by atoms with Crippen molar-refractivity contribution in [3.63, 3.8) is 0 Å². The van der Waals surface area contributed by atoms with E-state index in [1.165, 1.54) is 6.07 Å². The third-order valence-corrected chi connectivity index (χ3v) is 9.03. The van der Waals surface area contributed by atoms with Crippen molar-refractivity contribution >= 4 is 21.6 Å². The lowest BCUT2D eigenvalue weighted by Crippen LogP contribution is -2.47. The van der Waals surface area contributed by atoms with Gasteiger partial charge in [-0.05, 0) is 55.5 Å². The number of halogens is 1. The molecule has 8 nitrogen and oxygen atoms in total. The van der Waals surface area contributed by atoms with E-state index in [1.807, 2.05) is 24.3 Å². The number of β-amino-alcohol motifs (C(OH)–C–C–N with tert-alkyl or cyclic N) is 1. The maximum atomic E-state index is 14.4. The first-order valence-electron chi connectivity index (χ1n) is 12.7.